The van der Waals surface area contributed by atoms with E-state index in [1.807, 2.05) is 0 Å². The largest absolute Gasteiger partial charge is 0.368 e. The van der Waals surface area contributed by atoms with E-state index in [1.165, 1.54) is 17.8 Å². The van der Waals surface area contributed by atoms with E-state index in [9.17, 15) is 0 Å². The molecule has 0 saturated carbocycles. The third-order valence-electron chi connectivity index (χ3n) is 4.43. The summed E-state index contributed by atoms with van der Waals surface area (Å²) in [5.41, 5.74) is 2.83. The SMILES string of the molecule is CCNC(C)c1ccccc1N1CCN(CC)C(C)C1. The van der Waals surface area contributed by atoms with Gasteiger partial charge in [-0.25, -0.2) is 0 Å². The second kappa shape index (κ2) is 7.09. The lowest BCUT2D eigenvalue weighted by Gasteiger charge is -2.41. The molecular weight excluding hydrogens is 246 g/mol. The molecule has 0 bridgehead atoms. The van der Waals surface area contributed by atoms with E-state index in [4.69, 9.17) is 0 Å². The van der Waals surface area contributed by atoms with Crippen molar-refractivity contribution in [3.8, 4) is 0 Å². The molecule has 0 spiro atoms. The van der Waals surface area contributed by atoms with E-state index in [-0.39, 0.29) is 0 Å². The van der Waals surface area contributed by atoms with Crippen LogP contribution in [0.3, 0.4) is 0 Å². The molecule has 1 aromatic rings. The zero-order valence-electron chi connectivity index (χ0n) is 13.4. The summed E-state index contributed by atoms with van der Waals surface area (Å²) in [6.07, 6.45) is 0. The Bertz CT molecular complexity index is 418. The number of nitrogens with zero attached hydrogens (tertiary/aromatic N) is 2. The minimum absolute atomic E-state index is 0.413. The predicted octanol–water partition coefficient (Wildman–Crippen LogP) is 2.89. The van der Waals surface area contributed by atoms with E-state index in [1.54, 1.807) is 0 Å². The van der Waals surface area contributed by atoms with Crippen molar-refractivity contribution in [1.82, 2.24) is 10.2 Å². The van der Waals surface area contributed by atoms with Crippen LogP contribution in [0.4, 0.5) is 5.69 Å². The topological polar surface area (TPSA) is 18.5 Å². The molecule has 3 nitrogen and oxygen atoms in total. The molecule has 2 atom stereocenters. The number of hydrogen-bond acceptors (Lipinski definition) is 3. The van der Waals surface area contributed by atoms with Crippen LogP contribution in [-0.4, -0.2) is 43.7 Å². The second-order valence-corrected chi connectivity index (χ2v) is 5.76. The van der Waals surface area contributed by atoms with Crippen LogP contribution in [0.5, 0.6) is 0 Å². The maximum atomic E-state index is 3.54. The molecule has 0 aliphatic carbocycles. The van der Waals surface area contributed by atoms with E-state index in [2.05, 4.69) is 67.1 Å². The van der Waals surface area contributed by atoms with Crippen molar-refractivity contribution in [1.29, 1.82) is 0 Å². The van der Waals surface area contributed by atoms with Gasteiger partial charge in [-0.3, -0.25) is 4.90 Å². The van der Waals surface area contributed by atoms with Gasteiger partial charge >= 0.3 is 0 Å². The van der Waals surface area contributed by atoms with Crippen LogP contribution in [0.25, 0.3) is 0 Å². The molecular formula is C17H29N3. The smallest absolute Gasteiger partial charge is 0.0415 e. The Morgan fingerprint density at radius 2 is 2.00 bits per heavy atom. The molecule has 1 aliphatic rings. The molecule has 1 aliphatic heterocycles. The van der Waals surface area contributed by atoms with Crippen molar-refractivity contribution in [2.45, 2.75) is 39.8 Å². The number of para-hydroxylation sites is 1. The van der Waals surface area contributed by atoms with Gasteiger partial charge in [0.2, 0.25) is 0 Å². The quantitative estimate of drug-likeness (QED) is 0.891. The van der Waals surface area contributed by atoms with Gasteiger partial charge in [0.1, 0.15) is 0 Å². The minimum atomic E-state index is 0.413. The van der Waals surface area contributed by atoms with Crippen molar-refractivity contribution < 1.29 is 0 Å². The van der Waals surface area contributed by atoms with E-state index in [0.717, 1.165) is 26.2 Å². The number of likely N-dealkylation sites (N-methyl/N-ethyl adjacent to an activating group) is 1. The molecule has 1 saturated heterocycles. The van der Waals surface area contributed by atoms with Gasteiger partial charge in [0.25, 0.3) is 0 Å². The first-order valence-corrected chi connectivity index (χ1v) is 7.98. The minimum Gasteiger partial charge on any atom is -0.368 e. The average Bonchev–Trinajstić information content (AvgIpc) is 2.47. The number of anilines is 1. The van der Waals surface area contributed by atoms with Gasteiger partial charge in [-0.05, 0) is 38.6 Å². The maximum absolute atomic E-state index is 3.54. The van der Waals surface area contributed by atoms with Crippen molar-refractivity contribution >= 4 is 5.69 Å². The lowest BCUT2D eigenvalue weighted by Crippen LogP contribution is -2.52. The normalized spacial score (nSPS) is 22.0. The molecule has 0 aromatic heterocycles. The lowest BCUT2D eigenvalue weighted by molar-refractivity contribution is 0.199. The van der Waals surface area contributed by atoms with E-state index < -0.39 is 0 Å². The molecule has 20 heavy (non-hydrogen) atoms. The van der Waals surface area contributed by atoms with Gasteiger partial charge in [-0.1, -0.05) is 32.0 Å². The third kappa shape index (κ3) is 3.33. The van der Waals surface area contributed by atoms with Crippen LogP contribution in [-0.2, 0) is 0 Å². The first-order chi connectivity index (χ1) is 9.67. The standard InChI is InChI=1S/C17H29N3/c1-5-18-15(4)16-9-7-8-10-17(16)20-12-11-19(6-2)14(3)13-20/h7-10,14-15,18H,5-6,11-13H2,1-4H3. The highest BCUT2D eigenvalue weighted by Crippen LogP contribution is 2.28. The maximum Gasteiger partial charge on any atom is 0.0415 e. The molecule has 1 heterocycles. The highest BCUT2D eigenvalue weighted by Gasteiger charge is 2.24. The Kier molecular flexibility index (Phi) is 5.44. The van der Waals surface area contributed by atoms with Crippen LogP contribution in [0.1, 0.15) is 39.3 Å². The van der Waals surface area contributed by atoms with Crippen LogP contribution >= 0.6 is 0 Å². The fourth-order valence-electron chi connectivity index (χ4n) is 3.24. The number of hydrogen-bond donors (Lipinski definition) is 1. The number of benzene rings is 1. The van der Waals surface area contributed by atoms with E-state index >= 15 is 0 Å². The molecule has 1 aromatic carbocycles. The Hall–Kier alpha value is -1.06. The molecule has 1 N–H and O–H groups in total. The fraction of sp³-hybridized carbons (Fsp3) is 0.647. The summed E-state index contributed by atoms with van der Waals surface area (Å²) >= 11 is 0. The van der Waals surface area contributed by atoms with Crippen molar-refractivity contribution in [2.24, 2.45) is 0 Å². The zero-order valence-corrected chi connectivity index (χ0v) is 13.4. The van der Waals surface area contributed by atoms with Crippen LogP contribution in [0.2, 0.25) is 0 Å². The number of nitrogens with one attached hydrogen (secondary N) is 1. The first-order valence-electron chi connectivity index (χ1n) is 7.98. The Balaban J connectivity index is 2.16. The number of piperazine rings is 1. The second-order valence-electron chi connectivity index (χ2n) is 5.76. The Morgan fingerprint density at radius 1 is 1.25 bits per heavy atom. The zero-order chi connectivity index (χ0) is 14.5. The summed E-state index contributed by atoms with van der Waals surface area (Å²) in [5.74, 6) is 0. The van der Waals surface area contributed by atoms with E-state index in [0.29, 0.717) is 12.1 Å². The van der Waals surface area contributed by atoms with Crippen LogP contribution in [0.15, 0.2) is 24.3 Å². The summed E-state index contributed by atoms with van der Waals surface area (Å²) in [6, 6.07) is 9.90. The molecule has 3 heteroatoms. The highest BCUT2D eigenvalue weighted by molar-refractivity contribution is 5.55. The van der Waals surface area contributed by atoms with Gasteiger partial charge < -0.3 is 10.2 Å². The number of rotatable bonds is 5. The summed E-state index contributed by atoms with van der Waals surface area (Å²) in [6.45, 7) is 14.6. The van der Waals surface area contributed by atoms with Gasteiger partial charge in [-0.2, -0.15) is 0 Å². The van der Waals surface area contributed by atoms with Gasteiger partial charge in [-0.15, -0.1) is 0 Å². The molecule has 0 radical (unpaired) electrons. The Labute approximate surface area is 124 Å². The van der Waals surface area contributed by atoms with Gasteiger partial charge in [0, 0.05) is 37.4 Å². The fourth-order valence-corrected chi connectivity index (χ4v) is 3.24. The third-order valence-corrected chi connectivity index (χ3v) is 4.43. The summed E-state index contributed by atoms with van der Waals surface area (Å²) in [7, 11) is 0. The average molecular weight is 275 g/mol. The van der Waals surface area contributed by atoms with Gasteiger partial charge in [0.15, 0.2) is 0 Å². The molecule has 112 valence electrons. The van der Waals surface area contributed by atoms with Crippen LogP contribution in [0, 0.1) is 0 Å². The summed E-state index contributed by atoms with van der Waals surface area (Å²) in [5, 5.41) is 3.54. The molecule has 0 amide bonds. The van der Waals surface area contributed by atoms with Crippen molar-refractivity contribution in [2.75, 3.05) is 37.6 Å². The predicted molar refractivity (Wildman–Crippen MR) is 87.5 cm³/mol. The first kappa shape index (κ1) is 15.3. The summed E-state index contributed by atoms with van der Waals surface area (Å²) < 4.78 is 0. The molecule has 2 unspecified atom stereocenters. The Morgan fingerprint density at radius 3 is 2.65 bits per heavy atom. The van der Waals surface area contributed by atoms with Crippen molar-refractivity contribution in [3.63, 3.8) is 0 Å². The summed E-state index contributed by atoms with van der Waals surface area (Å²) in [4.78, 5) is 5.12. The molecule has 2 rings (SSSR count). The van der Waals surface area contributed by atoms with Crippen molar-refractivity contribution in [3.05, 3.63) is 29.8 Å². The lowest BCUT2D eigenvalue weighted by atomic mass is 10.0. The van der Waals surface area contributed by atoms with Gasteiger partial charge in [0.05, 0.1) is 0 Å². The van der Waals surface area contributed by atoms with Crippen LogP contribution < -0.4 is 10.2 Å². The highest BCUT2D eigenvalue weighted by atomic mass is 15.3. The molecule has 1 fully saturated rings. The monoisotopic (exact) mass is 275 g/mol.